The summed E-state index contributed by atoms with van der Waals surface area (Å²) >= 11 is 0. The molecule has 12 nitrogen and oxygen atoms in total. The van der Waals surface area contributed by atoms with Gasteiger partial charge in [0.2, 0.25) is 25.5 Å². The van der Waals surface area contributed by atoms with Crippen LogP contribution in [0.4, 0.5) is 61.2 Å². The lowest BCUT2D eigenvalue weighted by atomic mass is 10.2. The molecule has 2 aromatic carbocycles. The Balaban J connectivity index is 0.000000171. The molecule has 0 spiro atoms. The molecule has 0 amide bonds. The van der Waals surface area contributed by atoms with Gasteiger partial charge in [-0.15, -0.1) is 0 Å². The van der Waals surface area contributed by atoms with Crippen molar-refractivity contribution >= 4 is 34.9 Å². The van der Waals surface area contributed by atoms with E-state index in [9.17, 15) is 26.3 Å². The largest absolute Gasteiger partial charge is 0.454 e. The molecule has 0 radical (unpaired) electrons. The third-order valence-electron chi connectivity index (χ3n) is 7.95. The molecule has 278 valence electrons. The Labute approximate surface area is 294 Å². The van der Waals surface area contributed by atoms with Crippen LogP contribution in [0.3, 0.4) is 0 Å². The summed E-state index contributed by atoms with van der Waals surface area (Å²) in [6, 6.07) is 9.91. The molecular weight excluding hydrogens is 698 g/mol. The summed E-state index contributed by atoms with van der Waals surface area (Å²) in [5.41, 5.74) is -0.787. The first-order valence-corrected chi connectivity index (χ1v) is 16.7. The number of halogens is 6. The zero-order chi connectivity index (χ0) is 36.9. The van der Waals surface area contributed by atoms with Crippen molar-refractivity contribution in [2.75, 3.05) is 47.9 Å². The Kier molecular flexibility index (Phi) is 10.8. The smallest absolute Gasteiger partial charge is 0.421 e. The standard InChI is InChI=1S/2C16H15F3N4O2.C2H6/c17-16(18,19)11-7-21-15(20-6-9-1-2-9)23-14(11)22-10-3-4-12-13(5-10)25-8-24-12;17-16(18,19)11-7-21-15(23-14(11)20-6-9-1-2-9)22-10-3-4-12-13(5-10)25-8-24-12;1-2/h2*3-5,7,9H,1-2,6,8H2,(H2,20,21,22,23);1-2H3. The molecule has 2 fully saturated rings. The lowest BCUT2D eigenvalue weighted by molar-refractivity contribution is -0.138. The van der Waals surface area contributed by atoms with Crippen LogP contribution >= 0.6 is 0 Å². The van der Waals surface area contributed by atoms with Crippen LogP contribution in [-0.2, 0) is 12.4 Å². The summed E-state index contributed by atoms with van der Waals surface area (Å²) in [6.45, 7) is 5.37. The Morgan fingerprint density at radius 1 is 0.596 bits per heavy atom. The maximum atomic E-state index is 13.2. The molecule has 2 aromatic heterocycles. The maximum absolute atomic E-state index is 13.2. The number of rotatable bonds is 10. The van der Waals surface area contributed by atoms with Gasteiger partial charge in [-0.25, -0.2) is 9.97 Å². The van der Waals surface area contributed by atoms with E-state index in [0.717, 1.165) is 38.1 Å². The number of nitrogens with zero attached hydrogens (tertiary/aromatic N) is 4. The van der Waals surface area contributed by atoms with Gasteiger partial charge in [0.15, 0.2) is 23.0 Å². The van der Waals surface area contributed by atoms with Crippen LogP contribution < -0.4 is 40.2 Å². The fourth-order valence-corrected chi connectivity index (χ4v) is 4.89. The molecule has 4 heterocycles. The van der Waals surface area contributed by atoms with Crippen molar-refractivity contribution in [2.24, 2.45) is 11.8 Å². The molecule has 0 bridgehead atoms. The quantitative estimate of drug-likeness (QED) is 0.116. The minimum Gasteiger partial charge on any atom is -0.454 e. The molecule has 0 atom stereocenters. The molecule has 4 aliphatic rings. The van der Waals surface area contributed by atoms with Gasteiger partial charge in [-0.3, -0.25) is 0 Å². The fourth-order valence-electron chi connectivity index (χ4n) is 4.89. The first kappa shape index (κ1) is 36.4. The summed E-state index contributed by atoms with van der Waals surface area (Å²) in [4.78, 5) is 15.6. The number of benzene rings is 2. The first-order valence-electron chi connectivity index (χ1n) is 16.7. The highest BCUT2D eigenvalue weighted by molar-refractivity contribution is 5.65. The summed E-state index contributed by atoms with van der Waals surface area (Å²) in [7, 11) is 0. The van der Waals surface area contributed by atoms with Crippen LogP contribution in [0.15, 0.2) is 48.8 Å². The molecular formula is C34H36F6N8O4. The minimum atomic E-state index is -4.56. The van der Waals surface area contributed by atoms with Crippen LogP contribution in [0.1, 0.15) is 50.7 Å². The molecule has 18 heteroatoms. The summed E-state index contributed by atoms with van der Waals surface area (Å²) in [5, 5.41) is 11.4. The number of anilines is 6. The van der Waals surface area contributed by atoms with Gasteiger partial charge in [0.25, 0.3) is 0 Å². The molecule has 0 saturated heterocycles. The molecule has 4 aromatic rings. The van der Waals surface area contributed by atoms with Gasteiger partial charge in [0.05, 0.1) is 0 Å². The van der Waals surface area contributed by atoms with Gasteiger partial charge >= 0.3 is 12.4 Å². The van der Waals surface area contributed by atoms with Gasteiger partial charge in [0.1, 0.15) is 22.8 Å². The monoisotopic (exact) mass is 734 g/mol. The van der Waals surface area contributed by atoms with Gasteiger partial charge < -0.3 is 40.2 Å². The maximum Gasteiger partial charge on any atom is 0.421 e. The van der Waals surface area contributed by atoms with Gasteiger partial charge in [-0.05, 0) is 61.8 Å². The highest BCUT2D eigenvalue weighted by atomic mass is 19.4. The topological polar surface area (TPSA) is 137 Å². The van der Waals surface area contributed by atoms with E-state index in [2.05, 4.69) is 41.2 Å². The number of aromatic nitrogens is 4. The summed E-state index contributed by atoms with van der Waals surface area (Å²) in [6.07, 6.45) is -3.19. The van der Waals surface area contributed by atoms with E-state index in [1.165, 1.54) is 0 Å². The third-order valence-corrected chi connectivity index (χ3v) is 7.95. The van der Waals surface area contributed by atoms with Crippen molar-refractivity contribution in [1.29, 1.82) is 0 Å². The second-order valence-corrected chi connectivity index (χ2v) is 11.9. The van der Waals surface area contributed by atoms with Crippen molar-refractivity contribution in [3.05, 3.63) is 59.9 Å². The Morgan fingerprint density at radius 3 is 1.60 bits per heavy atom. The molecule has 4 N–H and O–H groups in total. The van der Waals surface area contributed by atoms with Crippen LogP contribution in [0.5, 0.6) is 23.0 Å². The summed E-state index contributed by atoms with van der Waals surface area (Å²) < 4.78 is 100. The van der Waals surface area contributed by atoms with Crippen LogP contribution in [0.25, 0.3) is 0 Å². The van der Waals surface area contributed by atoms with Gasteiger partial charge in [-0.2, -0.15) is 36.3 Å². The molecule has 8 rings (SSSR count). The molecule has 2 aliphatic carbocycles. The van der Waals surface area contributed by atoms with E-state index < -0.39 is 23.5 Å². The van der Waals surface area contributed by atoms with E-state index in [1.807, 2.05) is 13.8 Å². The number of ether oxygens (including phenoxy) is 4. The second-order valence-electron chi connectivity index (χ2n) is 11.9. The summed E-state index contributed by atoms with van der Waals surface area (Å²) in [5.74, 6) is 2.90. The fraction of sp³-hybridized carbons (Fsp3) is 0.412. The van der Waals surface area contributed by atoms with Crippen molar-refractivity contribution in [3.63, 3.8) is 0 Å². The number of hydrogen-bond acceptors (Lipinski definition) is 12. The van der Waals surface area contributed by atoms with E-state index in [0.29, 0.717) is 59.3 Å². The van der Waals surface area contributed by atoms with Gasteiger partial charge in [-0.1, -0.05) is 13.8 Å². The predicted octanol–water partition coefficient (Wildman–Crippen LogP) is 8.61. The number of fused-ring (bicyclic) bond motifs is 2. The Morgan fingerprint density at radius 2 is 1.06 bits per heavy atom. The Bertz CT molecular complexity index is 1850. The van der Waals surface area contributed by atoms with E-state index in [-0.39, 0.29) is 37.1 Å². The third kappa shape index (κ3) is 9.46. The van der Waals surface area contributed by atoms with E-state index in [4.69, 9.17) is 18.9 Å². The van der Waals surface area contributed by atoms with E-state index >= 15 is 0 Å². The lowest BCUT2D eigenvalue weighted by Crippen LogP contribution is -2.15. The van der Waals surface area contributed by atoms with Crippen LogP contribution in [0.2, 0.25) is 0 Å². The van der Waals surface area contributed by atoms with Gasteiger partial charge in [0, 0.05) is 49.0 Å². The van der Waals surface area contributed by atoms with Crippen molar-refractivity contribution in [2.45, 2.75) is 51.9 Å². The lowest BCUT2D eigenvalue weighted by Gasteiger charge is -2.15. The average Bonchev–Trinajstić information content (AvgIpc) is 4.03. The number of nitrogens with one attached hydrogen (secondary N) is 4. The zero-order valence-electron chi connectivity index (χ0n) is 28.1. The van der Waals surface area contributed by atoms with Crippen LogP contribution in [0, 0.1) is 11.8 Å². The molecule has 52 heavy (non-hydrogen) atoms. The Hall–Kier alpha value is -5.42. The normalized spacial score (nSPS) is 15.5. The number of alkyl halides is 6. The number of hydrogen-bond donors (Lipinski definition) is 4. The van der Waals surface area contributed by atoms with Crippen molar-refractivity contribution < 1.29 is 45.3 Å². The predicted molar refractivity (Wildman–Crippen MR) is 180 cm³/mol. The van der Waals surface area contributed by atoms with Crippen molar-refractivity contribution in [3.8, 4) is 23.0 Å². The minimum absolute atomic E-state index is 0.0742. The SMILES string of the molecule is CC.FC(F)(F)c1cnc(NCC2CC2)nc1Nc1ccc2c(c1)OCO2.FC(F)(F)c1cnc(Nc2ccc3c(c2)OCO3)nc1NCC1CC1. The highest BCUT2D eigenvalue weighted by Gasteiger charge is 2.37. The van der Waals surface area contributed by atoms with E-state index in [1.54, 1.807) is 36.4 Å². The molecule has 2 saturated carbocycles. The average molecular weight is 735 g/mol. The van der Waals surface area contributed by atoms with Crippen LogP contribution in [-0.4, -0.2) is 46.6 Å². The zero-order valence-corrected chi connectivity index (χ0v) is 28.1. The first-order chi connectivity index (χ1) is 25.0. The highest BCUT2D eigenvalue weighted by Crippen LogP contribution is 2.40. The van der Waals surface area contributed by atoms with Crippen molar-refractivity contribution in [1.82, 2.24) is 19.9 Å². The molecule has 0 unspecified atom stereocenters. The molecule has 2 aliphatic heterocycles. The second kappa shape index (κ2) is 15.4.